The summed E-state index contributed by atoms with van der Waals surface area (Å²) in [6, 6.07) is 0. The zero-order valence-corrected chi connectivity index (χ0v) is 18.9. The summed E-state index contributed by atoms with van der Waals surface area (Å²) in [4.78, 5) is 21.6. The van der Waals surface area contributed by atoms with E-state index in [9.17, 15) is 4.79 Å². The molecule has 2 aromatic heterocycles. The predicted octanol–water partition coefficient (Wildman–Crippen LogP) is 3.76. The summed E-state index contributed by atoms with van der Waals surface area (Å²) in [5.74, 6) is 2.94. The second-order valence-electron chi connectivity index (χ2n) is 9.28. The maximum absolute atomic E-state index is 13.3. The summed E-state index contributed by atoms with van der Waals surface area (Å²) >= 11 is 1.75. The number of carbonyl (C=O) groups excluding carboxylic acids is 1. The molecule has 0 aromatic carbocycles. The van der Waals surface area contributed by atoms with E-state index in [2.05, 4.69) is 15.4 Å². The van der Waals surface area contributed by atoms with Crippen LogP contribution >= 0.6 is 11.3 Å². The van der Waals surface area contributed by atoms with Crippen LogP contribution in [0.2, 0.25) is 0 Å². The first kappa shape index (κ1) is 20.2. The van der Waals surface area contributed by atoms with Crippen molar-refractivity contribution in [1.82, 2.24) is 20.4 Å². The summed E-state index contributed by atoms with van der Waals surface area (Å²) in [6.45, 7) is 8.12. The van der Waals surface area contributed by atoms with Gasteiger partial charge in [0, 0.05) is 30.3 Å². The molecule has 30 heavy (non-hydrogen) atoms. The van der Waals surface area contributed by atoms with Crippen LogP contribution in [0.5, 0.6) is 0 Å². The lowest BCUT2D eigenvalue weighted by atomic mass is 9.79. The second-order valence-corrected chi connectivity index (χ2v) is 10.4. The average molecular weight is 429 g/mol. The Morgan fingerprint density at radius 1 is 1.10 bits per heavy atom. The minimum Gasteiger partial charge on any atom is -0.361 e. The number of hydrogen-bond donors (Lipinski definition) is 1. The summed E-state index contributed by atoms with van der Waals surface area (Å²) in [6.07, 6.45) is 7.66. The first-order valence-electron chi connectivity index (χ1n) is 11.5. The Kier molecular flexibility index (Phi) is 5.67. The molecule has 0 spiro atoms. The highest BCUT2D eigenvalue weighted by molar-refractivity contribution is 7.15. The molecule has 5 rings (SSSR count). The number of nitrogens with zero attached hydrogens (tertiary/aromatic N) is 3. The number of nitrogens with one attached hydrogen (secondary N) is 1. The lowest BCUT2D eigenvalue weighted by Crippen LogP contribution is -2.45. The Hall–Kier alpha value is -1.73. The summed E-state index contributed by atoms with van der Waals surface area (Å²) in [5.41, 5.74) is 3.03. The van der Waals surface area contributed by atoms with Gasteiger partial charge in [-0.3, -0.25) is 4.79 Å². The number of amides is 1. The van der Waals surface area contributed by atoms with Gasteiger partial charge in [0.25, 0.3) is 0 Å². The molecule has 2 aromatic rings. The molecule has 1 amide bonds. The van der Waals surface area contributed by atoms with Gasteiger partial charge < -0.3 is 14.7 Å². The van der Waals surface area contributed by atoms with Crippen LogP contribution in [-0.2, 0) is 17.6 Å². The third-order valence-corrected chi connectivity index (χ3v) is 8.61. The van der Waals surface area contributed by atoms with Crippen molar-refractivity contribution in [3.8, 4) is 10.6 Å². The summed E-state index contributed by atoms with van der Waals surface area (Å²) in [5, 5.41) is 8.53. The van der Waals surface area contributed by atoms with E-state index < -0.39 is 0 Å². The number of piperidine rings is 2. The van der Waals surface area contributed by atoms with Crippen molar-refractivity contribution >= 4 is 17.2 Å². The lowest BCUT2D eigenvalue weighted by Gasteiger charge is -2.39. The lowest BCUT2D eigenvalue weighted by molar-refractivity contribution is -0.137. The van der Waals surface area contributed by atoms with Crippen LogP contribution in [0, 0.1) is 31.6 Å². The van der Waals surface area contributed by atoms with E-state index in [1.54, 1.807) is 11.3 Å². The number of thiazole rings is 1. The third kappa shape index (κ3) is 3.82. The highest BCUT2D eigenvalue weighted by atomic mass is 32.1. The number of carbonyl (C=O) groups is 1. The molecule has 0 radical (unpaired) electrons. The minimum absolute atomic E-state index is 0.0903. The van der Waals surface area contributed by atoms with Gasteiger partial charge in [0.2, 0.25) is 5.91 Å². The normalized spacial score (nSPS) is 23.5. The number of rotatable bonds is 3. The predicted molar refractivity (Wildman–Crippen MR) is 117 cm³/mol. The van der Waals surface area contributed by atoms with Crippen LogP contribution in [-0.4, -0.2) is 47.1 Å². The zero-order valence-electron chi connectivity index (χ0n) is 18.1. The first-order valence-corrected chi connectivity index (χ1v) is 12.3. The smallest absolute Gasteiger partial charge is 0.226 e. The summed E-state index contributed by atoms with van der Waals surface area (Å²) in [7, 11) is 0. The highest BCUT2D eigenvalue weighted by Crippen LogP contribution is 2.38. The van der Waals surface area contributed by atoms with Crippen molar-refractivity contribution in [2.24, 2.45) is 17.8 Å². The van der Waals surface area contributed by atoms with Gasteiger partial charge in [-0.15, -0.1) is 11.3 Å². The van der Waals surface area contributed by atoms with Gasteiger partial charge in [-0.05, 0) is 77.3 Å². The Labute approximate surface area is 182 Å². The van der Waals surface area contributed by atoms with Crippen molar-refractivity contribution in [1.29, 1.82) is 0 Å². The van der Waals surface area contributed by atoms with Crippen LogP contribution in [0.25, 0.3) is 10.6 Å². The van der Waals surface area contributed by atoms with Gasteiger partial charge in [-0.25, -0.2) is 4.98 Å². The molecule has 1 unspecified atom stereocenters. The molecule has 1 N–H and O–H groups in total. The van der Waals surface area contributed by atoms with Crippen molar-refractivity contribution in [3.05, 3.63) is 22.0 Å². The quantitative estimate of drug-likeness (QED) is 0.806. The molecule has 0 bridgehead atoms. The fourth-order valence-electron chi connectivity index (χ4n) is 5.65. The van der Waals surface area contributed by atoms with Crippen LogP contribution in [0.15, 0.2) is 4.52 Å². The van der Waals surface area contributed by atoms with Crippen LogP contribution in [0.1, 0.15) is 54.1 Å². The molecule has 4 heterocycles. The van der Waals surface area contributed by atoms with Gasteiger partial charge in [0.1, 0.15) is 10.8 Å². The number of aromatic nitrogens is 2. The fraction of sp³-hybridized carbons (Fsp3) is 0.696. The van der Waals surface area contributed by atoms with Crippen molar-refractivity contribution < 1.29 is 9.32 Å². The maximum Gasteiger partial charge on any atom is 0.226 e. The number of fused-ring (bicyclic) bond motifs is 1. The van der Waals surface area contributed by atoms with E-state index in [1.807, 2.05) is 13.8 Å². The van der Waals surface area contributed by atoms with E-state index in [4.69, 9.17) is 9.51 Å². The first-order chi connectivity index (χ1) is 14.6. The minimum atomic E-state index is 0.0903. The third-order valence-electron chi connectivity index (χ3n) is 7.44. The van der Waals surface area contributed by atoms with Gasteiger partial charge in [-0.1, -0.05) is 5.16 Å². The van der Waals surface area contributed by atoms with Crippen molar-refractivity contribution in [2.75, 3.05) is 26.2 Å². The molecule has 3 aliphatic rings. The second kappa shape index (κ2) is 8.42. The van der Waals surface area contributed by atoms with Gasteiger partial charge in [0.15, 0.2) is 0 Å². The van der Waals surface area contributed by atoms with Gasteiger partial charge >= 0.3 is 0 Å². The Morgan fingerprint density at radius 3 is 2.53 bits per heavy atom. The van der Waals surface area contributed by atoms with E-state index in [-0.39, 0.29) is 5.92 Å². The monoisotopic (exact) mass is 428 g/mol. The van der Waals surface area contributed by atoms with Crippen LogP contribution in [0.4, 0.5) is 0 Å². The van der Waals surface area contributed by atoms with Gasteiger partial charge in [-0.2, -0.15) is 0 Å². The standard InChI is InChI=1S/C23H32N4O2S/c1-14-21(15(2)29-26-14)22-25-19-13-18(3-4-20(19)30-22)23(28)27-11-7-17(8-12-27)16-5-9-24-10-6-16/h16-18,24H,3-13H2,1-2H3. The van der Waals surface area contributed by atoms with E-state index >= 15 is 0 Å². The van der Waals surface area contributed by atoms with Crippen LogP contribution < -0.4 is 5.32 Å². The average Bonchev–Trinajstić information content (AvgIpc) is 3.35. The molecule has 162 valence electrons. The summed E-state index contributed by atoms with van der Waals surface area (Å²) < 4.78 is 5.33. The van der Waals surface area contributed by atoms with Gasteiger partial charge in [0.05, 0.1) is 17.0 Å². The molecule has 7 heteroatoms. The van der Waals surface area contributed by atoms with E-state index in [0.29, 0.717) is 5.91 Å². The Bertz CT molecular complexity index is 887. The molecular weight excluding hydrogens is 396 g/mol. The SMILES string of the molecule is Cc1noc(C)c1-c1nc2c(s1)CCC(C(=O)N1CCC(C3CCNCC3)CC1)C2. The molecule has 6 nitrogen and oxygen atoms in total. The van der Waals surface area contributed by atoms with Crippen molar-refractivity contribution in [2.45, 2.75) is 58.8 Å². The largest absolute Gasteiger partial charge is 0.361 e. The van der Waals surface area contributed by atoms with E-state index in [1.165, 1.54) is 30.6 Å². The van der Waals surface area contributed by atoms with Crippen molar-refractivity contribution in [3.63, 3.8) is 0 Å². The maximum atomic E-state index is 13.3. The molecule has 1 aliphatic carbocycles. The molecule has 2 aliphatic heterocycles. The zero-order chi connectivity index (χ0) is 20.7. The molecule has 2 fully saturated rings. The van der Waals surface area contributed by atoms with E-state index in [0.717, 1.165) is 85.0 Å². The number of hydrogen-bond acceptors (Lipinski definition) is 6. The topological polar surface area (TPSA) is 71.3 Å². The number of likely N-dealkylation sites (tertiary alicyclic amines) is 1. The Morgan fingerprint density at radius 2 is 1.83 bits per heavy atom. The number of aryl methyl sites for hydroxylation is 3. The molecular formula is C23H32N4O2S. The fourth-order valence-corrected chi connectivity index (χ4v) is 6.90. The highest BCUT2D eigenvalue weighted by Gasteiger charge is 2.34. The molecule has 1 atom stereocenters. The Balaban J connectivity index is 1.22. The molecule has 2 saturated heterocycles. The van der Waals surface area contributed by atoms with Crippen LogP contribution in [0.3, 0.4) is 0 Å². The molecule has 0 saturated carbocycles.